The molecule has 0 aliphatic carbocycles. The van der Waals surface area contributed by atoms with Crippen LogP contribution in [0, 0.1) is 0 Å². The molecule has 0 spiro atoms. The first kappa shape index (κ1) is 14.1. The van der Waals surface area contributed by atoms with E-state index < -0.39 is 0 Å². The van der Waals surface area contributed by atoms with Crippen LogP contribution in [-0.2, 0) is 0 Å². The number of pyridine rings is 3. The molecule has 0 aliphatic rings. The SMILES string of the molecule is c1ccc2c(c1)[nH]c1c2ccc2c1c1cnccc1n1c3cccnc3nc21. The fourth-order valence-electron chi connectivity index (χ4n) is 4.50. The third kappa shape index (κ3) is 1.60. The molecule has 130 valence electrons. The zero-order valence-electron chi connectivity index (χ0n) is 14.7. The van der Waals surface area contributed by atoms with Crippen molar-refractivity contribution in [2.75, 3.05) is 0 Å². The second-order valence-electron chi connectivity index (χ2n) is 7.09. The van der Waals surface area contributed by atoms with Gasteiger partial charge in [-0.3, -0.25) is 9.38 Å². The van der Waals surface area contributed by atoms with Crippen molar-refractivity contribution < 1.29 is 0 Å². The zero-order valence-corrected chi connectivity index (χ0v) is 14.7. The third-order valence-electron chi connectivity index (χ3n) is 5.66. The minimum atomic E-state index is 0.754. The zero-order chi connectivity index (χ0) is 18.2. The lowest BCUT2D eigenvalue weighted by atomic mass is 10.0. The standard InChI is InChI=1S/C23H13N5/c1-2-5-17-13(4-1)14-7-8-15-20(21(14)26-17)16-12-24-11-9-18(16)28-19-6-3-10-25-22(19)27-23(15)28/h1-12,26H. The van der Waals surface area contributed by atoms with Crippen molar-refractivity contribution in [3.05, 3.63) is 73.2 Å². The fraction of sp³-hybridized carbons (Fsp3) is 0. The van der Waals surface area contributed by atoms with Gasteiger partial charge in [0.15, 0.2) is 5.65 Å². The molecule has 5 heterocycles. The van der Waals surface area contributed by atoms with Crippen LogP contribution in [0.2, 0.25) is 0 Å². The first-order valence-corrected chi connectivity index (χ1v) is 9.22. The summed E-state index contributed by atoms with van der Waals surface area (Å²) >= 11 is 0. The molecule has 5 aromatic heterocycles. The highest BCUT2D eigenvalue weighted by atomic mass is 15.1. The molecule has 2 aromatic carbocycles. The van der Waals surface area contributed by atoms with Crippen LogP contribution < -0.4 is 0 Å². The minimum absolute atomic E-state index is 0.754. The molecule has 0 aliphatic heterocycles. The van der Waals surface area contributed by atoms with Crippen LogP contribution in [0.5, 0.6) is 0 Å². The lowest BCUT2D eigenvalue weighted by molar-refractivity contribution is 1.28. The maximum atomic E-state index is 4.87. The molecule has 0 bridgehead atoms. The molecule has 7 aromatic rings. The minimum Gasteiger partial charge on any atom is -0.354 e. The van der Waals surface area contributed by atoms with Crippen molar-refractivity contribution in [2.24, 2.45) is 0 Å². The van der Waals surface area contributed by atoms with E-state index >= 15 is 0 Å². The van der Waals surface area contributed by atoms with Crippen LogP contribution in [0.1, 0.15) is 0 Å². The van der Waals surface area contributed by atoms with Crippen molar-refractivity contribution in [3.8, 4) is 0 Å². The van der Waals surface area contributed by atoms with Crippen LogP contribution in [0.25, 0.3) is 60.3 Å². The van der Waals surface area contributed by atoms with Crippen molar-refractivity contribution >= 4 is 60.3 Å². The Morgan fingerprint density at radius 3 is 2.68 bits per heavy atom. The number of nitrogens with one attached hydrogen (secondary N) is 1. The quantitative estimate of drug-likeness (QED) is 0.378. The van der Waals surface area contributed by atoms with Crippen molar-refractivity contribution in [1.29, 1.82) is 0 Å². The molecule has 0 amide bonds. The average Bonchev–Trinajstić information content (AvgIpc) is 3.32. The van der Waals surface area contributed by atoms with Crippen LogP contribution in [0.4, 0.5) is 0 Å². The molecular formula is C23H13N5. The number of fused-ring (bicyclic) bond motifs is 12. The largest absolute Gasteiger partial charge is 0.354 e. The van der Waals surface area contributed by atoms with Gasteiger partial charge in [-0.05, 0) is 30.3 Å². The fourth-order valence-corrected chi connectivity index (χ4v) is 4.50. The Morgan fingerprint density at radius 1 is 0.750 bits per heavy atom. The van der Waals surface area contributed by atoms with Gasteiger partial charge in [0.25, 0.3) is 0 Å². The monoisotopic (exact) mass is 359 g/mol. The van der Waals surface area contributed by atoms with Crippen molar-refractivity contribution in [3.63, 3.8) is 0 Å². The summed E-state index contributed by atoms with van der Waals surface area (Å²) in [4.78, 5) is 17.4. The Morgan fingerprint density at radius 2 is 1.68 bits per heavy atom. The van der Waals surface area contributed by atoms with Crippen molar-refractivity contribution in [1.82, 2.24) is 24.3 Å². The van der Waals surface area contributed by atoms with Crippen LogP contribution in [0.3, 0.4) is 0 Å². The lowest BCUT2D eigenvalue weighted by Crippen LogP contribution is -1.92. The van der Waals surface area contributed by atoms with Gasteiger partial charge in [0.05, 0.1) is 16.6 Å². The summed E-state index contributed by atoms with van der Waals surface area (Å²) in [6.07, 6.45) is 5.57. The highest BCUT2D eigenvalue weighted by molar-refractivity contribution is 6.26. The maximum Gasteiger partial charge on any atom is 0.178 e. The summed E-state index contributed by atoms with van der Waals surface area (Å²) in [6.45, 7) is 0. The van der Waals surface area contributed by atoms with Gasteiger partial charge in [0, 0.05) is 51.0 Å². The van der Waals surface area contributed by atoms with Gasteiger partial charge in [-0.25, -0.2) is 9.97 Å². The van der Waals surface area contributed by atoms with Crippen LogP contribution >= 0.6 is 0 Å². The summed E-state index contributed by atoms with van der Waals surface area (Å²) in [7, 11) is 0. The molecule has 1 N–H and O–H groups in total. The van der Waals surface area contributed by atoms with Gasteiger partial charge in [-0.1, -0.05) is 24.3 Å². The van der Waals surface area contributed by atoms with E-state index in [0.717, 1.165) is 49.5 Å². The van der Waals surface area contributed by atoms with Gasteiger partial charge in [-0.2, -0.15) is 0 Å². The van der Waals surface area contributed by atoms with E-state index in [9.17, 15) is 0 Å². The third-order valence-corrected chi connectivity index (χ3v) is 5.66. The first-order chi connectivity index (χ1) is 13.9. The summed E-state index contributed by atoms with van der Waals surface area (Å²) < 4.78 is 2.19. The predicted molar refractivity (Wildman–Crippen MR) is 113 cm³/mol. The molecule has 0 fully saturated rings. The molecule has 5 nitrogen and oxygen atoms in total. The molecule has 0 unspecified atom stereocenters. The Kier molecular flexibility index (Phi) is 2.44. The molecular weight excluding hydrogens is 346 g/mol. The maximum absolute atomic E-state index is 4.87. The Bertz CT molecular complexity index is 1720. The van der Waals surface area contributed by atoms with Crippen molar-refractivity contribution in [2.45, 2.75) is 0 Å². The highest BCUT2D eigenvalue weighted by Gasteiger charge is 2.17. The van der Waals surface area contributed by atoms with Gasteiger partial charge in [0.1, 0.15) is 5.65 Å². The topological polar surface area (TPSA) is 58.9 Å². The first-order valence-electron chi connectivity index (χ1n) is 9.22. The molecule has 5 heteroatoms. The van der Waals surface area contributed by atoms with E-state index in [-0.39, 0.29) is 0 Å². The molecule has 0 radical (unpaired) electrons. The van der Waals surface area contributed by atoms with Crippen LogP contribution in [0.15, 0.2) is 73.2 Å². The molecule has 0 atom stereocenters. The van der Waals surface area contributed by atoms with Gasteiger partial charge < -0.3 is 4.98 Å². The van der Waals surface area contributed by atoms with E-state index in [4.69, 9.17) is 4.98 Å². The number of benzene rings is 2. The van der Waals surface area contributed by atoms with E-state index in [2.05, 4.69) is 67.9 Å². The number of imidazole rings is 1. The summed E-state index contributed by atoms with van der Waals surface area (Å²) in [6, 6.07) is 18.8. The van der Waals surface area contributed by atoms with E-state index in [1.54, 1.807) is 6.20 Å². The second-order valence-corrected chi connectivity index (χ2v) is 7.09. The number of rotatable bonds is 0. The predicted octanol–water partition coefficient (Wildman–Crippen LogP) is 5.22. The number of aromatic amines is 1. The summed E-state index contributed by atoms with van der Waals surface area (Å²) in [5, 5.41) is 5.79. The Labute approximate surface area is 158 Å². The lowest BCUT2D eigenvalue weighted by Gasteiger charge is -2.09. The van der Waals surface area contributed by atoms with E-state index in [1.165, 1.54) is 10.8 Å². The molecule has 0 saturated carbocycles. The number of H-pyrrole nitrogens is 1. The Balaban J connectivity index is 1.87. The number of para-hydroxylation sites is 1. The Hall–Kier alpha value is -3.99. The molecule has 0 saturated heterocycles. The number of nitrogens with zero attached hydrogens (tertiary/aromatic N) is 4. The second kappa shape index (κ2) is 4.84. The van der Waals surface area contributed by atoms with Gasteiger partial charge in [-0.15, -0.1) is 0 Å². The van der Waals surface area contributed by atoms with Crippen LogP contribution in [-0.4, -0.2) is 24.3 Å². The normalized spacial score (nSPS) is 12.3. The smallest absolute Gasteiger partial charge is 0.178 e. The van der Waals surface area contributed by atoms with Gasteiger partial charge in [0.2, 0.25) is 0 Å². The number of hydrogen-bond donors (Lipinski definition) is 1. The summed E-state index contributed by atoms with van der Waals surface area (Å²) in [5.74, 6) is 0. The number of aromatic nitrogens is 5. The van der Waals surface area contributed by atoms with E-state index in [0.29, 0.717) is 0 Å². The van der Waals surface area contributed by atoms with Gasteiger partial charge >= 0.3 is 0 Å². The summed E-state index contributed by atoms with van der Waals surface area (Å²) in [5.41, 5.74) is 6.02. The van der Waals surface area contributed by atoms with E-state index in [1.807, 2.05) is 18.5 Å². The molecule has 7 rings (SSSR count). The average molecular weight is 359 g/mol. The number of hydrogen-bond acceptors (Lipinski definition) is 3. The highest BCUT2D eigenvalue weighted by Crippen LogP contribution is 2.37. The molecule has 28 heavy (non-hydrogen) atoms.